The van der Waals surface area contributed by atoms with E-state index in [4.69, 9.17) is 4.74 Å². The van der Waals surface area contributed by atoms with Crippen molar-refractivity contribution in [2.24, 2.45) is 5.92 Å². The number of anilines is 1. The van der Waals surface area contributed by atoms with Crippen LogP contribution in [0.2, 0.25) is 0 Å². The van der Waals surface area contributed by atoms with Gasteiger partial charge >= 0.3 is 0 Å². The van der Waals surface area contributed by atoms with Crippen molar-refractivity contribution < 1.29 is 14.3 Å². The van der Waals surface area contributed by atoms with E-state index in [-0.39, 0.29) is 17.7 Å². The van der Waals surface area contributed by atoms with Crippen LogP contribution in [-0.2, 0) is 9.53 Å². The Hall–Kier alpha value is -1.88. The van der Waals surface area contributed by atoms with Crippen molar-refractivity contribution in [1.82, 2.24) is 4.90 Å². The van der Waals surface area contributed by atoms with Gasteiger partial charge < -0.3 is 15.0 Å². The molecule has 1 N–H and O–H groups in total. The molecule has 136 valence electrons. The second-order valence-corrected chi connectivity index (χ2v) is 7.25. The van der Waals surface area contributed by atoms with Gasteiger partial charge in [-0.15, -0.1) is 0 Å². The van der Waals surface area contributed by atoms with Crippen molar-refractivity contribution in [3.8, 4) is 0 Å². The molecule has 0 radical (unpaired) electrons. The molecule has 0 spiro atoms. The molecule has 1 atom stereocenters. The smallest absolute Gasteiger partial charge is 0.254 e. The van der Waals surface area contributed by atoms with Crippen LogP contribution < -0.4 is 5.32 Å². The summed E-state index contributed by atoms with van der Waals surface area (Å²) >= 11 is 0. The maximum Gasteiger partial charge on any atom is 0.254 e. The molecule has 1 aromatic rings. The molecule has 0 aromatic heterocycles. The van der Waals surface area contributed by atoms with Gasteiger partial charge in [-0.2, -0.15) is 0 Å². The molecule has 5 nitrogen and oxygen atoms in total. The summed E-state index contributed by atoms with van der Waals surface area (Å²) < 4.78 is 5.31. The summed E-state index contributed by atoms with van der Waals surface area (Å²) in [6, 6.07) is 5.88. The molecule has 0 saturated carbocycles. The minimum absolute atomic E-state index is 0.0173. The molecule has 2 fully saturated rings. The number of hydrogen-bond acceptors (Lipinski definition) is 3. The number of nitrogens with one attached hydrogen (secondary N) is 1. The zero-order valence-electron chi connectivity index (χ0n) is 15.2. The molecule has 2 saturated heterocycles. The molecule has 2 aliphatic heterocycles. The highest BCUT2D eigenvalue weighted by Gasteiger charge is 2.25. The minimum atomic E-state index is 0.0173. The predicted molar refractivity (Wildman–Crippen MR) is 97.7 cm³/mol. The van der Waals surface area contributed by atoms with Crippen LogP contribution in [0.25, 0.3) is 0 Å². The molecule has 5 heteroatoms. The Kier molecular flexibility index (Phi) is 5.74. The Balaban J connectivity index is 1.67. The quantitative estimate of drug-likeness (QED) is 0.914. The average molecular weight is 344 g/mol. The molecule has 0 aliphatic carbocycles. The number of rotatable bonds is 3. The first-order valence-corrected chi connectivity index (χ1v) is 9.36. The Labute approximate surface area is 149 Å². The van der Waals surface area contributed by atoms with Crippen LogP contribution in [0.5, 0.6) is 0 Å². The van der Waals surface area contributed by atoms with Crippen molar-refractivity contribution in [2.45, 2.75) is 52.0 Å². The van der Waals surface area contributed by atoms with E-state index >= 15 is 0 Å². The third-order valence-corrected chi connectivity index (χ3v) is 5.39. The molecular weight excluding hydrogens is 316 g/mol. The molecule has 1 unspecified atom stereocenters. The third kappa shape index (κ3) is 4.21. The Bertz CT molecular complexity index is 638. The number of hydrogen-bond donors (Lipinski definition) is 1. The number of benzene rings is 1. The van der Waals surface area contributed by atoms with Crippen molar-refractivity contribution in [3.63, 3.8) is 0 Å². The zero-order chi connectivity index (χ0) is 17.8. The number of carbonyl (C=O) groups is 2. The monoisotopic (exact) mass is 344 g/mol. The summed E-state index contributed by atoms with van der Waals surface area (Å²) in [6.45, 7) is 6.20. The standard InChI is InChI=1S/C20H28N2O3/c1-14-13-17(20(24)22-10-4-3-5-15(22)2)6-7-18(14)21-19(23)16-8-11-25-12-9-16/h6-7,13,15-16H,3-5,8-12H2,1-2H3,(H,21,23). The van der Waals surface area contributed by atoms with Gasteiger partial charge in [0, 0.05) is 43.0 Å². The molecule has 2 heterocycles. The maximum absolute atomic E-state index is 12.8. The maximum atomic E-state index is 12.8. The van der Waals surface area contributed by atoms with E-state index in [0.29, 0.717) is 24.8 Å². The third-order valence-electron chi connectivity index (χ3n) is 5.39. The SMILES string of the molecule is Cc1cc(C(=O)N2CCCCC2C)ccc1NC(=O)C1CCOCC1. The number of aryl methyl sites for hydroxylation is 1. The van der Waals surface area contributed by atoms with Gasteiger partial charge in [-0.1, -0.05) is 0 Å². The van der Waals surface area contributed by atoms with Gasteiger partial charge in [0.2, 0.25) is 5.91 Å². The Morgan fingerprint density at radius 3 is 2.60 bits per heavy atom. The van der Waals surface area contributed by atoms with E-state index in [1.165, 1.54) is 6.42 Å². The van der Waals surface area contributed by atoms with Crippen LogP contribution in [0.15, 0.2) is 18.2 Å². The van der Waals surface area contributed by atoms with E-state index in [9.17, 15) is 9.59 Å². The molecule has 3 rings (SSSR count). The van der Waals surface area contributed by atoms with Gasteiger partial charge in [0.25, 0.3) is 5.91 Å². The molecule has 2 aliphatic rings. The molecule has 2 amide bonds. The fraction of sp³-hybridized carbons (Fsp3) is 0.600. The number of nitrogens with zero attached hydrogens (tertiary/aromatic N) is 1. The highest BCUT2D eigenvalue weighted by atomic mass is 16.5. The molecule has 0 bridgehead atoms. The second kappa shape index (κ2) is 8.00. The number of amides is 2. The normalized spacial score (nSPS) is 21.8. The summed E-state index contributed by atoms with van der Waals surface area (Å²) in [4.78, 5) is 27.1. The van der Waals surface area contributed by atoms with Crippen molar-refractivity contribution in [1.29, 1.82) is 0 Å². The number of carbonyl (C=O) groups excluding carboxylic acids is 2. The van der Waals surface area contributed by atoms with E-state index in [2.05, 4.69) is 12.2 Å². The van der Waals surface area contributed by atoms with E-state index in [0.717, 1.165) is 43.5 Å². The highest BCUT2D eigenvalue weighted by molar-refractivity contribution is 5.97. The fourth-order valence-corrected chi connectivity index (χ4v) is 3.70. The predicted octanol–water partition coefficient (Wildman–Crippen LogP) is 3.37. The lowest BCUT2D eigenvalue weighted by molar-refractivity contribution is -0.122. The van der Waals surface area contributed by atoms with Crippen molar-refractivity contribution in [2.75, 3.05) is 25.1 Å². The highest BCUT2D eigenvalue weighted by Crippen LogP contribution is 2.23. The summed E-state index contributed by atoms with van der Waals surface area (Å²) in [5.41, 5.74) is 2.42. The number of likely N-dealkylation sites (tertiary alicyclic amines) is 1. The first-order chi connectivity index (χ1) is 12.1. The largest absolute Gasteiger partial charge is 0.381 e. The summed E-state index contributed by atoms with van der Waals surface area (Å²) in [7, 11) is 0. The topological polar surface area (TPSA) is 58.6 Å². The van der Waals surface area contributed by atoms with Gasteiger partial charge in [-0.3, -0.25) is 9.59 Å². The lowest BCUT2D eigenvalue weighted by Crippen LogP contribution is -2.42. The summed E-state index contributed by atoms with van der Waals surface area (Å²) in [5.74, 6) is 0.163. The average Bonchev–Trinajstić information content (AvgIpc) is 2.64. The van der Waals surface area contributed by atoms with Crippen LogP contribution in [-0.4, -0.2) is 42.5 Å². The van der Waals surface area contributed by atoms with Crippen molar-refractivity contribution in [3.05, 3.63) is 29.3 Å². The van der Waals surface area contributed by atoms with Crippen molar-refractivity contribution >= 4 is 17.5 Å². The number of piperidine rings is 1. The van der Waals surface area contributed by atoms with Gasteiger partial charge in [0.1, 0.15) is 0 Å². The van der Waals surface area contributed by atoms with E-state index in [1.807, 2.05) is 30.0 Å². The van der Waals surface area contributed by atoms with Crippen LogP contribution in [0, 0.1) is 12.8 Å². The lowest BCUT2D eigenvalue weighted by atomic mass is 9.98. The van der Waals surface area contributed by atoms with Gasteiger partial charge in [0.15, 0.2) is 0 Å². The minimum Gasteiger partial charge on any atom is -0.381 e. The first-order valence-electron chi connectivity index (χ1n) is 9.36. The first kappa shape index (κ1) is 17.9. The van der Waals surface area contributed by atoms with Gasteiger partial charge in [-0.05, 0) is 69.7 Å². The fourth-order valence-electron chi connectivity index (χ4n) is 3.70. The summed E-state index contributed by atoms with van der Waals surface area (Å²) in [5, 5.41) is 3.01. The molecular formula is C20H28N2O3. The number of ether oxygens (including phenoxy) is 1. The summed E-state index contributed by atoms with van der Waals surface area (Å²) in [6.07, 6.45) is 4.89. The molecule has 25 heavy (non-hydrogen) atoms. The van der Waals surface area contributed by atoms with Gasteiger partial charge in [0.05, 0.1) is 0 Å². The van der Waals surface area contributed by atoms with Gasteiger partial charge in [-0.25, -0.2) is 0 Å². The van der Waals surface area contributed by atoms with Crippen LogP contribution in [0.3, 0.4) is 0 Å². The van der Waals surface area contributed by atoms with E-state index < -0.39 is 0 Å². The zero-order valence-corrected chi connectivity index (χ0v) is 15.2. The Morgan fingerprint density at radius 1 is 1.16 bits per heavy atom. The Morgan fingerprint density at radius 2 is 1.92 bits per heavy atom. The second-order valence-electron chi connectivity index (χ2n) is 7.25. The van der Waals surface area contributed by atoms with Crippen LogP contribution >= 0.6 is 0 Å². The van der Waals surface area contributed by atoms with Crippen LogP contribution in [0.4, 0.5) is 5.69 Å². The van der Waals surface area contributed by atoms with E-state index in [1.54, 1.807) is 0 Å². The van der Waals surface area contributed by atoms with Crippen LogP contribution in [0.1, 0.15) is 54.9 Å². The lowest BCUT2D eigenvalue weighted by Gasteiger charge is -2.33. The molecule has 1 aromatic carbocycles.